The van der Waals surface area contributed by atoms with Gasteiger partial charge >= 0.3 is 0 Å². The van der Waals surface area contributed by atoms with E-state index in [2.05, 4.69) is 22.6 Å². The number of hydrogen-bond donors (Lipinski definition) is 0. The molecule has 0 saturated carbocycles. The lowest BCUT2D eigenvalue weighted by Gasteiger charge is -2.12. The van der Waals surface area contributed by atoms with Crippen LogP contribution in [-0.2, 0) is 11.3 Å². The Balaban J connectivity index is 1.57. The first-order chi connectivity index (χ1) is 15.2. The summed E-state index contributed by atoms with van der Waals surface area (Å²) in [5, 5.41) is 11.0. The number of hydrogen-bond acceptors (Lipinski definition) is 6. The maximum absolute atomic E-state index is 12.8. The average molecular weight is 560 g/mol. The molecule has 0 bridgehead atoms. The van der Waals surface area contributed by atoms with E-state index < -0.39 is 4.92 Å². The third-order valence-electron chi connectivity index (χ3n) is 5.15. The van der Waals surface area contributed by atoms with Crippen LogP contribution in [0.5, 0.6) is 0 Å². The predicted molar refractivity (Wildman–Crippen MR) is 131 cm³/mol. The van der Waals surface area contributed by atoms with Crippen LogP contribution in [0.15, 0.2) is 57.9 Å². The summed E-state index contributed by atoms with van der Waals surface area (Å²) >= 11 is 3.06. The summed E-state index contributed by atoms with van der Waals surface area (Å²) < 4.78 is 6.89. The summed E-state index contributed by atoms with van der Waals surface area (Å²) in [5.74, 6) is 0.458. The third kappa shape index (κ3) is 4.49. The van der Waals surface area contributed by atoms with Crippen LogP contribution < -0.4 is 0 Å². The maximum Gasteiger partial charge on any atom is 0.293 e. The van der Waals surface area contributed by atoms with Crippen LogP contribution in [0.4, 0.5) is 10.5 Å². The number of carbonyl (C=O) groups excluding carboxylic acids is 2. The van der Waals surface area contributed by atoms with Gasteiger partial charge in [-0.15, -0.1) is 0 Å². The van der Waals surface area contributed by atoms with Crippen LogP contribution in [0.2, 0.25) is 0 Å². The number of carbonyl (C=O) groups is 2. The quantitative estimate of drug-likeness (QED) is 0.157. The summed E-state index contributed by atoms with van der Waals surface area (Å²) in [5.41, 5.74) is 2.85. The van der Waals surface area contributed by atoms with Gasteiger partial charge in [0.15, 0.2) is 0 Å². The van der Waals surface area contributed by atoms with Gasteiger partial charge in [-0.1, -0.05) is 12.1 Å². The van der Waals surface area contributed by atoms with E-state index >= 15 is 0 Å². The first kappa shape index (κ1) is 22.3. The fourth-order valence-corrected chi connectivity index (χ4v) is 4.47. The number of thioether (sulfide) groups is 1. The number of furan rings is 1. The molecule has 7 nitrogen and oxygen atoms in total. The van der Waals surface area contributed by atoms with E-state index in [-0.39, 0.29) is 28.3 Å². The molecule has 0 aliphatic carbocycles. The number of nitrogens with zero attached hydrogens (tertiary/aromatic N) is 2. The smallest absolute Gasteiger partial charge is 0.293 e. The summed E-state index contributed by atoms with van der Waals surface area (Å²) in [6, 6.07) is 14.3. The first-order valence-corrected chi connectivity index (χ1v) is 11.5. The van der Waals surface area contributed by atoms with Crippen LogP contribution in [0.3, 0.4) is 0 Å². The number of nitro groups is 1. The molecule has 2 amide bonds. The predicted octanol–water partition coefficient (Wildman–Crippen LogP) is 6.31. The van der Waals surface area contributed by atoms with Gasteiger partial charge in [-0.3, -0.25) is 24.6 Å². The van der Waals surface area contributed by atoms with Crippen molar-refractivity contribution in [3.63, 3.8) is 0 Å². The second-order valence-corrected chi connectivity index (χ2v) is 9.53. The van der Waals surface area contributed by atoms with E-state index in [1.54, 1.807) is 26.0 Å². The highest BCUT2D eigenvalue weighted by molar-refractivity contribution is 14.1. The van der Waals surface area contributed by atoms with Crippen molar-refractivity contribution in [2.24, 2.45) is 0 Å². The number of amides is 2. The topological polar surface area (TPSA) is 93.7 Å². The third-order valence-corrected chi connectivity index (χ3v) is 6.78. The SMILES string of the molecule is Cc1cc(-c2ccc(/C=C3/SC(=O)N(Cc4ccc(I)cc4)C3=O)o2)cc([N+](=O)[O-])c1C. The molecule has 1 aliphatic rings. The largest absolute Gasteiger partial charge is 0.457 e. The van der Waals surface area contributed by atoms with Gasteiger partial charge in [-0.2, -0.15) is 0 Å². The molecule has 1 aromatic heterocycles. The minimum Gasteiger partial charge on any atom is -0.457 e. The molecule has 0 spiro atoms. The molecule has 3 aromatic rings. The normalized spacial score (nSPS) is 15.1. The first-order valence-electron chi connectivity index (χ1n) is 9.58. The fraction of sp³-hybridized carbons (Fsp3) is 0.130. The molecule has 0 radical (unpaired) electrons. The second kappa shape index (κ2) is 8.91. The van der Waals surface area contributed by atoms with E-state index in [4.69, 9.17) is 4.42 Å². The van der Waals surface area contributed by atoms with Gasteiger partial charge < -0.3 is 4.42 Å². The number of rotatable bonds is 5. The molecule has 9 heteroatoms. The van der Waals surface area contributed by atoms with Crippen molar-refractivity contribution in [1.82, 2.24) is 4.90 Å². The zero-order valence-electron chi connectivity index (χ0n) is 17.1. The second-order valence-electron chi connectivity index (χ2n) is 7.29. The van der Waals surface area contributed by atoms with Crippen molar-refractivity contribution in [3.05, 3.63) is 89.6 Å². The van der Waals surface area contributed by atoms with Crippen molar-refractivity contribution in [3.8, 4) is 11.3 Å². The van der Waals surface area contributed by atoms with E-state index in [1.165, 1.54) is 17.0 Å². The molecule has 0 atom stereocenters. The van der Waals surface area contributed by atoms with Crippen LogP contribution >= 0.6 is 34.4 Å². The number of aryl methyl sites for hydroxylation is 1. The van der Waals surface area contributed by atoms with Gasteiger partial charge in [-0.05, 0) is 89.7 Å². The zero-order valence-corrected chi connectivity index (χ0v) is 20.1. The molecule has 0 N–H and O–H groups in total. The number of benzene rings is 2. The molecule has 1 saturated heterocycles. The highest BCUT2D eigenvalue weighted by Crippen LogP contribution is 2.35. The van der Waals surface area contributed by atoms with Crippen molar-refractivity contribution >= 4 is 57.3 Å². The molecular formula is C23H17IN2O5S. The van der Waals surface area contributed by atoms with Crippen LogP contribution in [-0.4, -0.2) is 21.0 Å². The van der Waals surface area contributed by atoms with E-state index in [1.807, 2.05) is 30.3 Å². The average Bonchev–Trinajstić information content (AvgIpc) is 3.31. The minimum absolute atomic E-state index is 0.0228. The maximum atomic E-state index is 12.8. The van der Waals surface area contributed by atoms with Gasteiger partial charge in [0.05, 0.1) is 16.4 Å². The molecule has 4 rings (SSSR count). The molecule has 1 aliphatic heterocycles. The Morgan fingerprint density at radius 1 is 1.12 bits per heavy atom. The van der Waals surface area contributed by atoms with Crippen molar-refractivity contribution < 1.29 is 18.9 Å². The van der Waals surface area contributed by atoms with Crippen molar-refractivity contribution in [2.75, 3.05) is 0 Å². The number of halogens is 1. The van der Waals surface area contributed by atoms with Crippen molar-refractivity contribution in [2.45, 2.75) is 20.4 Å². The van der Waals surface area contributed by atoms with Crippen LogP contribution in [0.25, 0.3) is 17.4 Å². The van der Waals surface area contributed by atoms with E-state index in [9.17, 15) is 19.7 Å². The fourth-order valence-electron chi connectivity index (χ4n) is 3.30. The Morgan fingerprint density at radius 2 is 1.84 bits per heavy atom. The van der Waals surface area contributed by atoms with Crippen LogP contribution in [0.1, 0.15) is 22.5 Å². The summed E-state index contributed by atoms with van der Waals surface area (Å²) in [6.45, 7) is 3.71. The summed E-state index contributed by atoms with van der Waals surface area (Å²) in [4.78, 5) is 37.5. The Morgan fingerprint density at radius 3 is 2.53 bits per heavy atom. The Bertz CT molecular complexity index is 1280. The number of imide groups is 1. The molecule has 162 valence electrons. The van der Waals surface area contributed by atoms with Crippen LogP contribution in [0, 0.1) is 27.5 Å². The van der Waals surface area contributed by atoms with Gasteiger partial charge in [0, 0.05) is 26.8 Å². The van der Waals surface area contributed by atoms with Gasteiger partial charge in [0.2, 0.25) is 0 Å². The highest BCUT2D eigenvalue weighted by Gasteiger charge is 2.35. The minimum atomic E-state index is -0.417. The standard InChI is InChI=1S/C23H17IN2O5S/c1-13-9-16(10-19(14(13)2)26(29)30)20-8-7-18(31-20)11-21-22(27)25(23(28)32-21)12-15-3-5-17(24)6-4-15/h3-11H,12H2,1-2H3/b21-11+. The molecule has 2 aromatic carbocycles. The molecule has 1 fully saturated rings. The Kier molecular flexibility index (Phi) is 6.20. The molecule has 32 heavy (non-hydrogen) atoms. The Hall–Kier alpha value is -2.92. The summed E-state index contributed by atoms with van der Waals surface area (Å²) in [7, 11) is 0. The molecule has 0 unspecified atom stereocenters. The van der Waals surface area contributed by atoms with Gasteiger partial charge in [0.1, 0.15) is 11.5 Å². The van der Waals surface area contributed by atoms with E-state index in [0.29, 0.717) is 22.6 Å². The lowest BCUT2D eigenvalue weighted by atomic mass is 10.0. The van der Waals surface area contributed by atoms with Gasteiger partial charge in [0.25, 0.3) is 16.8 Å². The lowest BCUT2D eigenvalue weighted by molar-refractivity contribution is -0.385. The van der Waals surface area contributed by atoms with Gasteiger partial charge in [-0.25, -0.2) is 0 Å². The molecular weight excluding hydrogens is 543 g/mol. The van der Waals surface area contributed by atoms with Crippen molar-refractivity contribution in [1.29, 1.82) is 0 Å². The summed E-state index contributed by atoms with van der Waals surface area (Å²) in [6.07, 6.45) is 1.53. The van der Waals surface area contributed by atoms with E-state index in [0.717, 1.165) is 26.5 Å². The number of nitro benzene ring substituents is 1. The Labute approximate surface area is 201 Å². The highest BCUT2D eigenvalue weighted by atomic mass is 127. The zero-order chi connectivity index (χ0) is 23.0. The monoisotopic (exact) mass is 560 g/mol. The molecule has 2 heterocycles. The lowest BCUT2D eigenvalue weighted by Crippen LogP contribution is -2.27.